The van der Waals surface area contributed by atoms with Crippen molar-refractivity contribution in [2.45, 2.75) is 46.1 Å². The van der Waals surface area contributed by atoms with Crippen LogP contribution in [-0.2, 0) is 27.9 Å². The van der Waals surface area contributed by atoms with Gasteiger partial charge in [-0.2, -0.15) is 0 Å². The van der Waals surface area contributed by atoms with Gasteiger partial charge >= 0.3 is 11.9 Å². The summed E-state index contributed by atoms with van der Waals surface area (Å²) in [4.78, 5) is 32.7. The van der Waals surface area contributed by atoms with Gasteiger partial charge in [-0.15, -0.1) is 0 Å². The van der Waals surface area contributed by atoms with E-state index in [0.717, 1.165) is 53.8 Å². The molecule has 192 valence electrons. The van der Waals surface area contributed by atoms with Gasteiger partial charge in [-0.3, -0.25) is 9.79 Å². The number of nitrogens with one attached hydrogen (secondary N) is 1. The number of nitrogens with two attached hydrogens (primary N) is 1. The summed E-state index contributed by atoms with van der Waals surface area (Å²) in [6, 6.07) is 12.8. The van der Waals surface area contributed by atoms with Crippen molar-refractivity contribution in [3.8, 4) is 0 Å². The lowest BCUT2D eigenvalue weighted by Crippen LogP contribution is -2.17. The predicted octanol–water partition coefficient (Wildman–Crippen LogP) is 4.19. The van der Waals surface area contributed by atoms with E-state index in [9.17, 15) is 9.59 Å². The van der Waals surface area contributed by atoms with Crippen molar-refractivity contribution in [3.63, 3.8) is 0 Å². The summed E-state index contributed by atoms with van der Waals surface area (Å²) in [7, 11) is 1.94. The van der Waals surface area contributed by atoms with E-state index < -0.39 is 0 Å². The van der Waals surface area contributed by atoms with Crippen LogP contribution in [0.5, 0.6) is 0 Å². The molecule has 0 amide bonds. The highest BCUT2D eigenvalue weighted by Gasteiger charge is 2.12. The molecule has 0 aliphatic rings. The third kappa shape index (κ3) is 7.31. The number of aryl methyl sites for hydroxylation is 1. The molecule has 0 aliphatic carbocycles. The van der Waals surface area contributed by atoms with Crippen molar-refractivity contribution >= 4 is 34.5 Å². The van der Waals surface area contributed by atoms with Gasteiger partial charge in [-0.05, 0) is 55.8 Å². The number of aromatic nitrogens is 2. The van der Waals surface area contributed by atoms with E-state index in [-0.39, 0.29) is 24.3 Å². The van der Waals surface area contributed by atoms with Crippen molar-refractivity contribution in [2.24, 2.45) is 17.8 Å². The molecule has 3 rings (SSSR count). The zero-order chi connectivity index (χ0) is 25.9. The lowest BCUT2D eigenvalue weighted by atomic mass is 10.2. The monoisotopic (exact) mass is 493 g/mol. The van der Waals surface area contributed by atoms with E-state index in [4.69, 9.17) is 15.2 Å². The second kappa shape index (κ2) is 13.3. The highest BCUT2D eigenvalue weighted by atomic mass is 16.5. The molecule has 2 aromatic carbocycles. The molecule has 0 bridgehead atoms. The average molecular weight is 494 g/mol. The maximum absolute atomic E-state index is 12.0. The number of hydrogen-bond donors (Lipinski definition) is 2. The molecule has 9 nitrogen and oxygen atoms in total. The number of unbranched alkanes of at least 4 members (excludes halogenated alkanes) is 3. The Bertz CT molecular complexity index is 1200. The zero-order valence-corrected chi connectivity index (χ0v) is 21.3. The summed E-state index contributed by atoms with van der Waals surface area (Å²) in [5, 5.41) is 3.34. The molecule has 9 heteroatoms. The quantitative estimate of drug-likeness (QED) is 0.158. The van der Waals surface area contributed by atoms with Crippen LogP contribution in [0.25, 0.3) is 11.0 Å². The van der Waals surface area contributed by atoms with E-state index in [1.807, 2.05) is 41.9 Å². The van der Waals surface area contributed by atoms with Crippen LogP contribution in [0, 0.1) is 0 Å². The number of amidine groups is 1. The van der Waals surface area contributed by atoms with Crippen LogP contribution in [-0.4, -0.2) is 47.1 Å². The Morgan fingerprint density at radius 3 is 2.50 bits per heavy atom. The first kappa shape index (κ1) is 26.7. The number of carbonyl (C=O) groups excluding carboxylic acids is 2. The molecular formula is C27H35N5O4. The van der Waals surface area contributed by atoms with E-state index in [1.165, 1.54) is 0 Å². The normalized spacial score (nSPS) is 11.5. The van der Waals surface area contributed by atoms with Crippen LogP contribution in [0.2, 0.25) is 0 Å². The standard InChI is InChI=1S/C27H35N5O4/c1-4-6-7-8-15-36-25(33)18-30-26(28)19-9-12-21(13-10-19)29-17-24-31-22-16-20(27(34)35-5-2)11-14-23(22)32(24)3/h9-14,16,29H,4-8,15,17-18H2,1-3H3,(H2,28,30). The summed E-state index contributed by atoms with van der Waals surface area (Å²) in [6.45, 7) is 5.07. The number of fused-ring (bicyclic) bond motifs is 1. The van der Waals surface area contributed by atoms with Crippen LogP contribution in [0.4, 0.5) is 5.69 Å². The summed E-state index contributed by atoms with van der Waals surface area (Å²) in [5.74, 6) is 0.387. The van der Waals surface area contributed by atoms with Crippen molar-refractivity contribution in [1.29, 1.82) is 0 Å². The number of rotatable bonds is 13. The van der Waals surface area contributed by atoms with Crippen LogP contribution < -0.4 is 11.1 Å². The maximum Gasteiger partial charge on any atom is 0.338 e. The Morgan fingerprint density at radius 1 is 1.03 bits per heavy atom. The number of nitrogens with zero attached hydrogens (tertiary/aromatic N) is 3. The van der Waals surface area contributed by atoms with E-state index in [1.54, 1.807) is 19.1 Å². The lowest BCUT2D eigenvalue weighted by molar-refractivity contribution is -0.141. The molecule has 0 unspecified atom stereocenters. The second-order valence-electron chi connectivity index (χ2n) is 8.42. The predicted molar refractivity (Wildman–Crippen MR) is 141 cm³/mol. The molecule has 0 aliphatic heterocycles. The van der Waals surface area contributed by atoms with Gasteiger partial charge in [0.05, 0.1) is 36.4 Å². The van der Waals surface area contributed by atoms with Gasteiger partial charge < -0.3 is 25.1 Å². The minimum absolute atomic E-state index is 0.0930. The zero-order valence-electron chi connectivity index (χ0n) is 21.3. The molecule has 0 atom stereocenters. The highest BCUT2D eigenvalue weighted by Crippen LogP contribution is 2.19. The van der Waals surface area contributed by atoms with Gasteiger partial charge in [0, 0.05) is 18.3 Å². The molecule has 0 saturated carbocycles. The van der Waals surface area contributed by atoms with Crippen molar-refractivity contribution < 1.29 is 19.1 Å². The lowest BCUT2D eigenvalue weighted by Gasteiger charge is -2.08. The summed E-state index contributed by atoms with van der Waals surface area (Å²) in [5.41, 5.74) is 9.80. The number of esters is 2. The van der Waals surface area contributed by atoms with E-state index in [2.05, 4.69) is 22.2 Å². The SMILES string of the molecule is CCCCCCOC(=O)C/N=C(/N)c1ccc(NCc2nc3cc(C(=O)OCC)ccc3n2C)cc1. The smallest absolute Gasteiger partial charge is 0.338 e. The number of aliphatic imine (C=N–C) groups is 1. The molecule has 0 saturated heterocycles. The molecule has 0 radical (unpaired) electrons. The molecule has 1 aromatic heterocycles. The topological polar surface area (TPSA) is 121 Å². The number of carbonyl (C=O) groups is 2. The molecule has 3 N–H and O–H groups in total. The largest absolute Gasteiger partial charge is 0.464 e. The highest BCUT2D eigenvalue weighted by molar-refractivity contribution is 5.98. The van der Waals surface area contributed by atoms with Gasteiger partial charge in [0.2, 0.25) is 0 Å². The first-order chi connectivity index (χ1) is 17.4. The van der Waals surface area contributed by atoms with E-state index >= 15 is 0 Å². The van der Waals surface area contributed by atoms with Gasteiger partial charge in [-0.25, -0.2) is 9.78 Å². The minimum atomic E-state index is -0.371. The Morgan fingerprint density at radius 2 is 1.78 bits per heavy atom. The van der Waals surface area contributed by atoms with Crippen LogP contribution >= 0.6 is 0 Å². The molecular weight excluding hydrogens is 458 g/mol. The first-order valence-electron chi connectivity index (χ1n) is 12.3. The average Bonchev–Trinajstić information content (AvgIpc) is 3.21. The Balaban J connectivity index is 1.54. The van der Waals surface area contributed by atoms with Crippen molar-refractivity contribution in [2.75, 3.05) is 25.1 Å². The molecule has 0 fully saturated rings. The molecule has 0 spiro atoms. The van der Waals surface area contributed by atoms with Gasteiger partial charge in [-0.1, -0.05) is 26.2 Å². The third-order valence-electron chi connectivity index (χ3n) is 5.76. The summed E-state index contributed by atoms with van der Waals surface area (Å²) in [6.07, 6.45) is 4.21. The molecule has 3 aromatic rings. The van der Waals surface area contributed by atoms with Gasteiger partial charge in [0.15, 0.2) is 0 Å². The number of anilines is 1. The fourth-order valence-corrected chi connectivity index (χ4v) is 3.69. The summed E-state index contributed by atoms with van der Waals surface area (Å²) < 4.78 is 12.2. The Labute approximate surface area is 211 Å². The van der Waals surface area contributed by atoms with Crippen LogP contribution in [0.1, 0.15) is 61.3 Å². The molecule has 36 heavy (non-hydrogen) atoms. The number of hydrogen-bond acceptors (Lipinski definition) is 7. The number of benzene rings is 2. The first-order valence-corrected chi connectivity index (χ1v) is 12.3. The number of imidazole rings is 1. The molecule has 1 heterocycles. The number of ether oxygens (including phenoxy) is 2. The van der Waals surface area contributed by atoms with Crippen molar-refractivity contribution in [1.82, 2.24) is 9.55 Å². The maximum atomic E-state index is 12.0. The fraction of sp³-hybridized carbons (Fsp3) is 0.407. The summed E-state index contributed by atoms with van der Waals surface area (Å²) >= 11 is 0. The fourth-order valence-electron chi connectivity index (χ4n) is 3.69. The Kier molecular flexibility index (Phi) is 9.85. The Hall–Kier alpha value is -3.88. The van der Waals surface area contributed by atoms with Crippen LogP contribution in [0.15, 0.2) is 47.5 Å². The minimum Gasteiger partial charge on any atom is -0.464 e. The second-order valence-corrected chi connectivity index (χ2v) is 8.42. The third-order valence-corrected chi connectivity index (χ3v) is 5.76. The van der Waals surface area contributed by atoms with Gasteiger partial charge in [0.25, 0.3) is 0 Å². The van der Waals surface area contributed by atoms with E-state index in [0.29, 0.717) is 25.3 Å². The van der Waals surface area contributed by atoms with Crippen LogP contribution in [0.3, 0.4) is 0 Å². The van der Waals surface area contributed by atoms with Gasteiger partial charge in [0.1, 0.15) is 18.2 Å². The van der Waals surface area contributed by atoms with Crippen molar-refractivity contribution in [3.05, 3.63) is 59.4 Å².